The number of ether oxygens (including phenoxy) is 1. The maximum Gasteiger partial charge on any atom is 0.142 e. The summed E-state index contributed by atoms with van der Waals surface area (Å²) in [6.07, 6.45) is 2.06. The van der Waals surface area contributed by atoms with Gasteiger partial charge in [0.15, 0.2) is 0 Å². The van der Waals surface area contributed by atoms with Crippen LogP contribution < -0.4 is 4.74 Å². The Kier molecular flexibility index (Phi) is 9.34. The summed E-state index contributed by atoms with van der Waals surface area (Å²) in [4.78, 5) is 5.28. The molecule has 0 bridgehead atoms. The van der Waals surface area contributed by atoms with Gasteiger partial charge in [-0.2, -0.15) is 5.10 Å². The van der Waals surface area contributed by atoms with Crippen molar-refractivity contribution < 1.29 is 4.74 Å². The van der Waals surface area contributed by atoms with Crippen LogP contribution in [0.2, 0.25) is 0 Å². The van der Waals surface area contributed by atoms with E-state index in [0.717, 1.165) is 61.9 Å². The average Bonchev–Trinajstić information content (AvgIpc) is 3.83. The van der Waals surface area contributed by atoms with Crippen molar-refractivity contribution in [2.45, 2.75) is 107 Å². The quantitative estimate of drug-likeness (QED) is 0.162. The summed E-state index contributed by atoms with van der Waals surface area (Å²) < 4.78 is 13.7. The first kappa shape index (κ1) is 39.3. The predicted octanol–water partition coefficient (Wildman–Crippen LogP) is 14.6. The molecule has 0 atom stereocenters. The SMILES string of the molecule is Cc1cc(C)n(-c2cc(Oc3ccc4c5ccccc5n(-c5ncc(C)c(-n6c7c(C)cc(C(C)C)cc7c7cc(C(C)C)cc(C)c76)c5C)c4c3)cc(C(C)(C)C)c2)n1. The van der Waals surface area contributed by atoms with Crippen molar-refractivity contribution >= 4 is 43.6 Å². The Bertz CT molecular complexity index is 3110. The number of aromatic nitrogens is 5. The van der Waals surface area contributed by atoms with Crippen LogP contribution in [-0.2, 0) is 5.41 Å². The van der Waals surface area contributed by atoms with E-state index in [0.29, 0.717) is 11.8 Å². The molecule has 0 aliphatic rings. The van der Waals surface area contributed by atoms with E-state index in [1.54, 1.807) is 0 Å². The van der Waals surface area contributed by atoms with E-state index in [-0.39, 0.29) is 5.41 Å². The molecule has 0 N–H and O–H groups in total. The predicted molar refractivity (Wildman–Crippen MR) is 252 cm³/mol. The fourth-order valence-corrected chi connectivity index (χ4v) is 9.37. The summed E-state index contributed by atoms with van der Waals surface area (Å²) in [5.74, 6) is 3.30. The van der Waals surface area contributed by atoms with Gasteiger partial charge in [-0.05, 0) is 141 Å². The average molecular weight is 792 g/mol. The van der Waals surface area contributed by atoms with Gasteiger partial charge in [0.05, 0.1) is 39.1 Å². The minimum absolute atomic E-state index is 0.0895. The van der Waals surface area contributed by atoms with Crippen LogP contribution in [-0.4, -0.2) is 23.9 Å². The molecular weight excluding hydrogens is 735 g/mol. The monoisotopic (exact) mass is 791 g/mol. The highest BCUT2D eigenvalue weighted by Gasteiger charge is 2.25. The van der Waals surface area contributed by atoms with Gasteiger partial charge < -0.3 is 9.30 Å². The molecule has 0 saturated heterocycles. The molecule has 0 amide bonds. The number of aryl methyl sites for hydroxylation is 5. The molecule has 9 rings (SSSR count). The van der Waals surface area contributed by atoms with Crippen LogP contribution in [0.4, 0.5) is 0 Å². The molecule has 0 spiro atoms. The fraction of sp³-hybridized carbons (Fsp3) is 0.296. The highest BCUT2D eigenvalue weighted by molar-refractivity contribution is 6.12. The second-order valence-corrected chi connectivity index (χ2v) is 18.8. The normalized spacial score (nSPS) is 12.4. The van der Waals surface area contributed by atoms with Crippen molar-refractivity contribution in [3.05, 3.63) is 148 Å². The summed E-state index contributed by atoms with van der Waals surface area (Å²) in [5.41, 5.74) is 17.6. The molecule has 0 unspecified atom stereocenters. The number of rotatable bonds is 7. The molecule has 9 aromatic rings. The first-order chi connectivity index (χ1) is 28.5. The lowest BCUT2D eigenvalue weighted by atomic mass is 9.86. The number of pyridine rings is 1. The Hall–Kier alpha value is -6.14. The zero-order valence-electron chi connectivity index (χ0n) is 37.5. The van der Waals surface area contributed by atoms with E-state index in [2.05, 4.69) is 189 Å². The number of hydrogen-bond acceptors (Lipinski definition) is 3. The highest BCUT2D eigenvalue weighted by Crippen LogP contribution is 2.43. The van der Waals surface area contributed by atoms with E-state index in [9.17, 15) is 0 Å². The molecule has 6 nitrogen and oxygen atoms in total. The van der Waals surface area contributed by atoms with E-state index >= 15 is 0 Å². The number of para-hydroxylation sites is 1. The number of benzene rings is 5. The zero-order chi connectivity index (χ0) is 42.5. The summed E-state index contributed by atoms with van der Waals surface area (Å²) in [7, 11) is 0. The van der Waals surface area contributed by atoms with Crippen molar-refractivity contribution in [2.24, 2.45) is 0 Å². The van der Waals surface area contributed by atoms with Crippen LogP contribution in [0.15, 0.2) is 97.2 Å². The van der Waals surface area contributed by atoms with E-state index < -0.39 is 0 Å². The number of nitrogens with zero attached hydrogens (tertiary/aromatic N) is 5. The van der Waals surface area contributed by atoms with Crippen LogP contribution in [0.1, 0.15) is 111 Å². The lowest BCUT2D eigenvalue weighted by Gasteiger charge is -2.22. The van der Waals surface area contributed by atoms with Crippen molar-refractivity contribution in [1.82, 2.24) is 23.9 Å². The molecular formula is C54H57N5O. The van der Waals surface area contributed by atoms with Gasteiger partial charge in [-0.25, -0.2) is 9.67 Å². The maximum absolute atomic E-state index is 6.85. The van der Waals surface area contributed by atoms with Gasteiger partial charge in [0.25, 0.3) is 0 Å². The van der Waals surface area contributed by atoms with Gasteiger partial charge in [0, 0.05) is 51.1 Å². The third kappa shape index (κ3) is 6.39. The van der Waals surface area contributed by atoms with E-state index in [1.165, 1.54) is 60.7 Å². The smallest absolute Gasteiger partial charge is 0.142 e. The minimum Gasteiger partial charge on any atom is -0.457 e. The van der Waals surface area contributed by atoms with Crippen LogP contribution in [0, 0.1) is 41.5 Å². The third-order valence-corrected chi connectivity index (χ3v) is 12.5. The zero-order valence-corrected chi connectivity index (χ0v) is 37.5. The van der Waals surface area contributed by atoms with Crippen molar-refractivity contribution in [3.8, 4) is 28.7 Å². The molecule has 0 fully saturated rings. The molecule has 4 heterocycles. The van der Waals surface area contributed by atoms with Gasteiger partial charge in [-0.15, -0.1) is 0 Å². The topological polar surface area (TPSA) is 49.8 Å². The molecule has 60 heavy (non-hydrogen) atoms. The molecule has 0 radical (unpaired) electrons. The second kappa shape index (κ2) is 14.3. The Balaban J connectivity index is 1.27. The maximum atomic E-state index is 6.85. The molecule has 0 aliphatic heterocycles. The fourth-order valence-electron chi connectivity index (χ4n) is 9.37. The molecule has 4 aromatic heterocycles. The van der Waals surface area contributed by atoms with Crippen LogP contribution in [0.5, 0.6) is 11.5 Å². The minimum atomic E-state index is -0.0895. The lowest BCUT2D eigenvalue weighted by molar-refractivity contribution is 0.478. The van der Waals surface area contributed by atoms with Crippen LogP contribution >= 0.6 is 0 Å². The van der Waals surface area contributed by atoms with Gasteiger partial charge in [0.2, 0.25) is 0 Å². The van der Waals surface area contributed by atoms with E-state index in [4.69, 9.17) is 14.8 Å². The number of hydrogen-bond donors (Lipinski definition) is 0. The first-order valence-corrected chi connectivity index (χ1v) is 21.5. The molecule has 304 valence electrons. The van der Waals surface area contributed by atoms with Gasteiger partial charge in [0.1, 0.15) is 17.3 Å². The highest BCUT2D eigenvalue weighted by atomic mass is 16.5. The molecule has 0 saturated carbocycles. The second-order valence-electron chi connectivity index (χ2n) is 18.8. The van der Waals surface area contributed by atoms with E-state index in [1.807, 2.05) is 11.6 Å². The summed E-state index contributed by atoms with van der Waals surface area (Å²) in [5, 5.41) is 9.77. The lowest BCUT2D eigenvalue weighted by Crippen LogP contribution is -2.12. The molecule has 6 heteroatoms. The largest absolute Gasteiger partial charge is 0.457 e. The summed E-state index contributed by atoms with van der Waals surface area (Å²) >= 11 is 0. The first-order valence-electron chi connectivity index (χ1n) is 21.5. The molecule has 0 aliphatic carbocycles. The van der Waals surface area contributed by atoms with Gasteiger partial charge in [-0.3, -0.25) is 4.57 Å². The van der Waals surface area contributed by atoms with Crippen molar-refractivity contribution in [2.75, 3.05) is 0 Å². The molecule has 5 aromatic carbocycles. The number of fused-ring (bicyclic) bond motifs is 6. The Morgan fingerprint density at radius 2 is 1.22 bits per heavy atom. The Morgan fingerprint density at radius 1 is 0.583 bits per heavy atom. The van der Waals surface area contributed by atoms with Crippen LogP contribution in [0.3, 0.4) is 0 Å². The summed E-state index contributed by atoms with van der Waals surface area (Å²) in [6, 6.07) is 33.4. The Labute approximate surface area is 354 Å². The van der Waals surface area contributed by atoms with Gasteiger partial charge >= 0.3 is 0 Å². The van der Waals surface area contributed by atoms with Crippen LogP contribution in [0.25, 0.3) is 60.8 Å². The third-order valence-electron chi connectivity index (χ3n) is 12.5. The van der Waals surface area contributed by atoms with Gasteiger partial charge in [-0.1, -0.05) is 78.8 Å². The summed E-state index contributed by atoms with van der Waals surface area (Å²) in [6.45, 7) is 29.0. The van der Waals surface area contributed by atoms with Crippen molar-refractivity contribution in [3.63, 3.8) is 0 Å². The van der Waals surface area contributed by atoms with Crippen molar-refractivity contribution in [1.29, 1.82) is 0 Å². The Morgan fingerprint density at radius 3 is 1.82 bits per heavy atom. The standard InChI is InChI=1S/C54H57N5O/c1-30(2)38-20-32(5)51-46(23-38)47-24-39(31(3)4)21-33(6)52(47)58(51)50-34(7)29-55-53(37(50)10)57-48-17-15-14-16-44(48)45-19-18-42(28-49(45)57)60-43-26-40(54(11,12)13)25-41(27-43)59-36(9)22-35(8)56-59/h14-31H,1-13H3.